The molecule has 1 aliphatic carbocycles. The van der Waals surface area contributed by atoms with Crippen LogP contribution >= 0.6 is 0 Å². The normalized spacial score (nSPS) is 27.2. The minimum Gasteiger partial charge on any atom is -0.390 e. The number of hydrogen-bond acceptors (Lipinski definition) is 4. The second-order valence-electron chi connectivity index (χ2n) is 8.33. The van der Waals surface area contributed by atoms with Crippen molar-refractivity contribution in [1.82, 2.24) is 15.1 Å². The zero-order valence-electron chi connectivity index (χ0n) is 15.5. The molecule has 2 N–H and O–H groups in total. The van der Waals surface area contributed by atoms with Crippen LogP contribution in [0.5, 0.6) is 0 Å². The van der Waals surface area contributed by atoms with Gasteiger partial charge < -0.3 is 15.3 Å². The second kappa shape index (κ2) is 8.04. The van der Waals surface area contributed by atoms with Crippen LogP contribution in [0.1, 0.15) is 64.7 Å². The average molecular weight is 351 g/mol. The van der Waals surface area contributed by atoms with Crippen LogP contribution in [-0.4, -0.2) is 64.7 Å². The van der Waals surface area contributed by atoms with E-state index in [4.69, 9.17) is 0 Å². The largest absolute Gasteiger partial charge is 0.390 e. The number of aliphatic hydroxyl groups is 1. The predicted octanol–water partition coefficient (Wildman–Crippen LogP) is 2.11. The molecule has 1 atom stereocenters. The SMILES string of the molecule is CC1CCN(CC(O)CN2C(=O)NC3(CCCCCCC3)C2=O)CC1. The fourth-order valence-electron chi connectivity index (χ4n) is 4.50. The lowest BCUT2D eigenvalue weighted by atomic mass is 9.84. The molecule has 3 amide bonds. The van der Waals surface area contributed by atoms with Crippen LogP contribution in [0.4, 0.5) is 4.79 Å². The van der Waals surface area contributed by atoms with E-state index in [0.717, 1.165) is 70.4 Å². The number of likely N-dealkylation sites (tertiary alicyclic amines) is 1. The lowest BCUT2D eigenvalue weighted by Crippen LogP contribution is -2.48. The summed E-state index contributed by atoms with van der Waals surface area (Å²) in [6, 6.07) is -0.322. The third kappa shape index (κ3) is 4.34. The van der Waals surface area contributed by atoms with Gasteiger partial charge in [-0.25, -0.2) is 4.79 Å². The number of amides is 3. The maximum absolute atomic E-state index is 12.9. The molecule has 3 rings (SSSR count). The van der Waals surface area contributed by atoms with Gasteiger partial charge in [0.05, 0.1) is 12.6 Å². The summed E-state index contributed by atoms with van der Waals surface area (Å²) >= 11 is 0. The van der Waals surface area contributed by atoms with Gasteiger partial charge in [-0.15, -0.1) is 0 Å². The molecule has 3 fully saturated rings. The van der Waals surface area contributed by atoms with Crippen LogP contribution in [-0.2, 0) is 4.79 Å². The summed E-state index contributed by atoms with van der Waals surface area (Å²) in [5.74, 6) is 0.629. The van der Waals surface area contributed by atoms with Gasteiger partial charge in [-0.05, 0) is 44.7 Å². The Kier molecular flexibility index (Phi) is 6.00. The van der Waals surface area contributed by atoms with Gasteiger partial charge in [0.25, 0.3) is 5.91 Å². The van der Waals surface area contributed by atoms with Crippen molar-refractivity contribution >= 4 is 11.9 Å². The number of nitrogens with zero attached hydrogens (tertiary/aromatic N) is 2. The Bertz CT molecular complexity index is 480. The molecule has 3 aliphatic rings. The van der Waals surface area contributed by atoms with Gasteiger partial charge in [0, 0.05) is 6.54 Å². The standard InChI is InChI=1S/C19H33N3O3/c1-15-7-11-21(12-8-15)13-16(23)14-22-17(24)19(20-18(22)25)9-5-3-2-4-6-10-19/h15-16,23H,2-14H2,1H3,(H,20,25). The third-order valence-electron chi connectivity index (χ3n) is 6.19. The predicted molar refractivity (Wildman–Crippen MR) is 96.1 cm³/mol. The molecule has 2 saturated heterocycles. The number of β-amino-alcohol motifs (C(OH)–C–C–N with tert-alkyl or cyclic N) is 1. The zero-order valence-corrected chi connectivity index (χ0v) is 15.5. The van der Waals surface area contributed by atoms with E-state index in [0.29, 0.717) is 6.54 Å². The zero-order chi connectivity index (χ0) is 17.9. The van der Waals surface area contributed by atoms with E-state index < -0.39 is 11.6 Å². The number of aliphatic hydroxyl groups excluding tert-OH is 1. The van der Waals surface area contributed by atoms with Gasteiger partial charge in [-0.3, -0.25) is 9.69 Å². The average Bonchev–Trinajstić information content (AvgIpc) is 2.78. The van der Waals surface area contributed by atoms with Crippen LogP contribution in [0.15, 0.2) is 0 Å². The summed E-state index contributed by atoms with van der Waals surface area (Å²) < 4.78 is 0. The van der Waals surface area contributed by atoms with Crippen molar-refractivity contribution in [3.05, 3.63) is 0 Å². The monoisotopic (exact) mass is 351 g/mol. The molecule has 0 aromatic rings. The smallest absolute Gasteiger partial charge is 0.325 e. The lowest BCUT2D eigenvalue weighted by molar-refractivity contribution is -0.133. The second-order valence-corrected chi connectivity index (χ2v) is 8.33. The maximum Gasteiger partial charge on any atom is 0.325 e. The molecule has 25 heavy (non-hydrogen) atoms. The van der Waals surface area contributed by atoms with Crippen LogP contribution in [0.25, 0.3) is 0 Å². The first-order chi connectivity index (χ1) is 12.0. The highest BCUT2D eigenvalue weighted by atomic mass is 16.3. The molecule has 1 spiro atoms. The van der Waals surface area contributed by atoms with Gasteiger partial charge in [0.15, 0.2) is 0 Å². The Hall–Kier alpha value is -1.14. The molecule has 6 nitrogen and oxygen atoms in total. The van der Waals surface area contributed by atoms with Crippen molar-refractivity contribution in [3.63, 3.8) is 0 Å². The van der Waals surface area contributed by atoms with E-state index in [-0.39, 0.29) is 18.5 Å². The van der Waals surface area contributed by atoms with Crippen molar-refractivity contribution in [1.29, 1.82) is 0 Å². The van der Waals surface area contributed by atoms with E-state index in [1.165, 1.54) is 11.3 Å². The molecule has 0 radical (unpaired) electrons. The minimum absolute atomic E-state index is 0.110. The van der Waals surface area contributed by atoms with Crippen LogP contribution in [0, 0.1) is 5.92 Å². The highest BCUT2D eigenvalue weighted by molar-refractivity contribution is 6.07. The molecular formula is C19H33N3O3. The van der Waals surface area contributed by atoms with Crippen LogP contribution in [0.2, 0.25) is 0 Å². The first kappa shape index (κ1) is 18.6. The minimum atomic E-state index is -0.711. The summed E-state index contributed by atoms with van der Waals surface area (Å²) in [6.45, 7) is 4.88. The summed E-state index contributed by atoms with van der Waals surface area (Å²) in [5.41, 5.74) is -0.711. The number of carbonyl (C=O) groups excluding carboxylic acids is 2. The number of imide groups is 1. The Morgan fingerprint density at radius 2 is 1.68 bits per heavy atom. The van der Waals surface area contributed by atoms with Gasteiger partial charge in [0.2, 0.25) is 0 Å². The van der Waals surface area contributed by atoms with Crippen molar-refractivity contribution in [2.75, 3.05) is 26.2 Å². The van der Waals surface area contributed by atoms with Crippen molar-refractivity contribution in [3.8, 4) is 0 Å². The first-order valence-corrected chi connectivity index (χ1v) is 10.0. The Morgan fingerprint density at radius 1 is 1.08 bits per heavy atom. The van der Waals surface area contributed by atoms with Gasteiger partial charge in [-0.2, -0.15) is 0 Å². The lowest BCUT2D eigenvalue weighted by Gasteiger charge is -2.32. The topological polar surface area (TPSA) is 72.9 Å². The Labute approximate surface area is 150 Å². The number of urea groups is 1. The van der Waals surface area contributed by atoms with E-state index in [1.807, 2.05) is 0 Å². The first-order valence-electron chi connectivity index (χ1n) is 10.0. The van der Waals surface area contributed by atoms with Crippen molar-refractivity contribution < 1.29 is 14.7 Å². The number of hydrogen-bond donors (Lipinski definition) is 2. The molecular weight excluding hydrogens is 318 g/mol. The number of rotatable bonds is 4. The van der Waals surface area contributed by atoms with E-state index in [2.05, 4.69) is 17.1 Å². The highest BCUT2D eigenvalue weighted by Crippen LogP contribution is 2.32. The molecule has 0 aromatic heterocycles. The molecule has 1 unspecified atom stereocenters. The number of piperidine rings is 1. The van der Waals surface area contributed by atoms with Gasteiger partial charge in [-0.1, -0.05) is 39.0 Å². The van der Waals surface area contributed by atoms with E-state index >= 15 is 0 Å². The van der Waals surface area contributed by atoms with Gasteiger partial charge in [0.1, 0.15) is 5.54 Å². The summed E-state index contributed by atoms with van der Waals surface area (Å²) in [6.07, 6.45) is 8.52. The Balaban J connectivity index is 1.56. The molecule has 0 bridgehead atoms. The summed E-state index contributed by atoms with van der Waals surface area (Å²) in [7, 11) is 0. The molecule has 1 saturated carbocycles. The van der Waals surface area contributed by atoms with Crippen LogP contribution < -0.4 is 5.32 Å². The third-order valence-corrected chi connectivity index (χ3v) is 6.19. The summed E-state index contributed by atoms with van der Waals surface area (Å²) in [4.78, 5) is 28.9. The molecule has 142 valence electrons. The molecule has 2 heterocycles. The maximum atomic E-state index is 12.9. The summed E-state index contributed by atoms with van der Waals surface area (Å²) in [5, 5.41) is 13.4. The Morgan fingerprint density at radius 3 is 2.32 bits per heavy atom. The van der Waals surface area contributed by atoms with Gasteiger partial charge >= 0.3 is 6.03 Å². The van der Waals surface area contributed by atoms with Crippen molar-refractivity contribution in [2.45, 2.75) is 76.4 Å². The van der Waals surface area contributed by atoms with Crippen molar-refractivity contribution in [2.24, 2.45) is 5.92 Å². The number of carbonyl (C=O) groups is 2. The molecule has 2 aliphatic heterocycles. The van der Waals surface area contributed by atoms with Crippen LogP contribution in [0.3, 0.4) is 0 Å². The quantitative estimate of drug-likeness (QED) is 0.761. The molecule has 0 aromatic carbocycles. The highest BCUT2D eigenvalue weighted by Gasteiger charge is 2.50. The van der Waals surface area contributed by atoms with E-state index in [1.54, 1.807) is 0 Å². The molecule has 6 heteroatoms. The van der Waals surface area contributed by atoms with E-state index in [9.17, 15) is 14.7 Å². The fraction of sp³-hybridized carbons (Fsp3) is 0.895. The number of nitrogens with one attached hydrogen (secondary N) is 1. The fourth-order valence-corrected chi connectivity index (χ4v) is 4.50.